The van der Waals surface area contributed by atoms with Gasteiger partial charge < -0.3 is 0 Å². The van der Waals surface area contributed by atoms with Gasteiger partial charge in [0, 0.05) is 28.0 Å². The Kier molecular flexibility index (Phi) is 8.99. The molecule has 4 rings (SSSR count). The maximum absolute atomic E-state index is 2.34. The molecule has 3 aromatic rings. The number of hydrogen-bond acceptors (Lipinski definition) is 1. The fourth-order valence-electron chi connectivity index (χ4n) is 4.34. The van der Waals surface area contributed by atoms with Crippen molar-refractivity contribution < 1.29 is 0 Å². The van der Waals surface area contributed by atoms with Crippen LogP contribution in [0.2, 0.25) is 0 Å². The number of hydrogen-bond donors (Lipinski definition) is 0. The van der Waals surface area contributed by atoms with Crippen molar-refractivity contribution in [3.05, 3.63) is 135 Å². The third-order valence-corrected chi connectivity index (χ3v) is 9.75. The van der Waals surface area contributed by atoms with Gasteiger partial charge in [-0.1, -0.05) is 126 Å². The van der Waals surface area contributed by atoms with Gasteiger partial charge in [0.05, 0.1) is 0 Å². The number of rotatable bonds is 5. The van der Waals surface area contributed by atoms with Crippen LogP contribution in [0.1, 0.15) is 68.7 Å². The molecule has 2 heteroatoms. The predicted octanol–water partition coefficient (Wildman–Crippen LogP) is 11.8. The van der Waals surface area contributed by atoms with Crippen LogP contribution in [0.4, 0.5) is 0 Å². The number of allylic oxidation sites excluding steroid dienone is 8. The lowest BCUT2D eigenvalue weighted by atomic mass is 9.93. The lowest BCUT2D eigenvalue weighted by Crippen LogP contribution is -2.09. The Hall–Kier alpha value is -2.94. The van der Waals surface area contributed by atoms with Crippen LogP contribution in [-0.2, 0) is 5.41 Å². The summed E-state index contributed by atoms with van der Waals surface area (Å²) in [4.78, 5) is 5.42. The van der Waals surface area contributed by atoms with Gasteiger partial charge in [-0.15, -0.1) is 0 Å². The van der Waals surface area contributed by atoms with Gasteiger partial charge >= 0.3 is 0 Å². The highest BCUT2D eigenvalue weighted by atomic mass is 32.2. The van der Waals surface area contributed by atoms with Crippen LogP contribution >= 0.6 is 23.1 Å². The molecule has 0 N–H and O–H groups in total. The van der Waals surface area contributed by atoms with Crippen molar-refractivity contribution in [1.82, 2.24) is 0 Å². The minimum atomic E-state index is 0.101. The molecule has 0 nitrogen and oxygen atoms in total. The van der Waals surface area contributed by atoms with Crippen LogP contribution in [0.15, 0.2) is 108 Å². The largest absolute Gasteiger partial charge is 0.239 e. The first-order chi connectivity index (χ1) is 18.4. The average molecular weight is 550 g/mol. The maximum atomic E-state index is 2.34. The highest BCUT2D eigenvalue weighted by Crippen LogP contribution is 2.47. The summed E-state index contributed by atoms with van der Waals surface area (Å²) < 4.78 is 0. The molecule has 2 heterocycles. The first kappa shape index (κ1) is 29.1. The molecular formula is C37H41S2+. The zero-order valence-corrected chi connectivity index (χ0v) is 26.3. The van der Waals surface area contributed by atoms with E-state index < -0.39 is 0 Å². The predicted molar refractivity (Wildman–Crippen MR) is 178 cm³/mol. The second kappa shape index (κ2) is 12.1. The van der Waals surface area contributed by atoms with Crippen molar-refractivity contribution >= 4 is 34.1 Å². The monoisotopic (exact) mass is 549 g/mol. The third kappa shape index (κ3) is 7.59. The molecule has 0 saturated carbocycles. The minimum Gasteiger partial charge on any atom is -0.0933 e. The van der Waals surface area contributed by atoms with Crippen molar-refractivity contribution in [2.45, 2.75) is 60.8 Å². The minimum absolute atomic E-state index is 0.101. The second-order valence-corrected chi connectivity index (χ2v) is 14.4. The Morgan fingerprint density at radius 1 is 0.692 bits per heavy atom. The van der Waals surface area contributed by atoms with Gasteiger partial charge in [0.25, 0.3) is 0 Å². The van der Waals surface area contributed by atoms with Gasteiger partial charge in [0.2, 0.25) is 21.1 Å². The summed E-state index contributed by atoms with van der Waals surface area (Å²) in [5, 5.41) is 0. The summed E-state index contributed by atoms with van der Waals surface area (Å²) >= 11 is 3.80. The molecule has 2 aromatic carbocycles. The first-order valence-electron chi connectivity index (χ1n) is 13.7. The fraction of sp³-hybridized carbons (Fsp3) is 0.270. The fourth-order valence-corrected chi connectivity index (χ4v) is 6.88. The molecular weight excluding hydrogens is 509 g/mol. The Balaban J connectivity index is 1.63. The molecule has 200 valence electrons. The smallest absolute Gasteiger partial charge is 0.0933 e. The highest BCUT2D eigenvalue weighted by Gasteiger charge is 2.27. The third-order valence-electron chi connectivity index (χ3n) is 6.73. The van der Waals surface area contributed by atoms with Crippen LogP contribution in [0.5, 0.6) is 0 Å². The van der Waals surface area contributed by atoms with Crippen molar-refractivity contribution in [3.8, 4) is 10.4 Å². The molecule has 0 amide bonds. The first-order valence-corrected chi connectivity index (χ1v) is 15.3. The van der Waals surface area contributed by atoms with Crippen LogP contribution in [0.25, 0.3) is 21.4 Å². The molecule has 0 atom stereocenters. The summed E-state index contributed by atoms with van der Waals surface area (Å²) in [5.74, 6) is 0. The van der Waals surface area contributed by atoms with E-state index in [9.17, 15) is 0 Å². The topological polar surface area (TPSA) is 0 Å². The van der Waals surface area contributed by atoms with E-state index in [4.69, 9.17) is 0 Å². The number of aryl methyl sites for hydroxylation is 2. The van der Waals surface area contributed by atoms with Gasteiger partial charge in [0.1, 0.15) is 0 Å². The number of thioether (sulfide) groups is 1. The Morgan fingerprint density at radius 2 is 1.33 bits per heavy atom. The van der Waals surface area contributed by atoms with Crippen molar-refractivity contribution in [2.75, 3.05) is 0 Å². The summed E-state index contributed by atoms with van der Waals surface area (Å²) in [6.07, 6.45) is 15.6. The van der Waals surface area contributed by atoms with E-state index in [1.165, 1.54) is 53.0 Å². The van der Waals surface area contributed by atoms with E-state index in [1.54, 1.807) is 0 Å². The van der Waals surface area contributed by atoms with Gasteiger partial charge in [-0.3, -0.25) is 0 Å². The molecule has 0 radical (unpaired) electrons. The van der Waals surface area contributed by atoms with Crippen molar-refractivity contribution in [1.29, 1.82) is 0 Å². The normalized spacial score (nSPS) is 15.7. The van der Waals surface area contributed by atoms with E-state index in [2.05, 4.69) is 159 Å². The van der Waals surface area contributed by atoms with Gasteiger partial charge in [-0.05, 0) is 70.2 Å². The Bertz CT molecular complexity index is 1490. The SMILES string of the molecule is Cc1ccccc1C1=C/C(=C/C=C/C=C/c2cc(-c3ccccc3C)[s+]c(C(C)(C)C)c2)C=C(C(C)(C)C)S1. The van der Waals surface area contributed by atoms with Crippen molar-refractivity contribution in [3.63, 3.8) is 0 Å². The van der Waals surface area contributed by atoms with E-state index in [1.807, 2.05) is 23.1 Å². The average Bonchev–Trinajstić information content (AvgIpc) is 2.88. The quantitative estimate of drug-likeness (QED) is 0.225. The van der Waals surface area contributed by atoms with Crippen LogP contribution in [-0.4, -0.2) is 0 Å². The van der Waals surface area contributed by atoms with E-state index in [0.717, 1.165) is 0 Å². The zero-order chi connectivity index (χ0) is 28.2. The molecule has 0 aliphatic carbocycles. The lowest BCUT2D eigenvalue weighted by molar-refractivity contribution is 0.533. The van der Waals surface area contributed by atoms with Gasteiger partial charge in [0.15, 0.2) is 0 Å². The summed E-state index contributed by atoms with van der Waals surface area (Å²) in [7, 11) is 0. The second-order valence-electron chi connectivity index (χ2n) is 12.3. The highest BCUT2D eigenvalue weighted by molar-refractivity contribution is 8.11. The Morgan fingerprint density at radius 3 is 1.95 bits per heavy atom. The van der Waals surface area contributed by atoms with Crippen LogP contribution in [0, 0.1) is 19.3 Å². The van der Waals surface area contributed by atoms with E-state index >= 15 is 0 Å². The molecule has 1 aliphatic heterocycles. The molecule has 0 saturated heterocycles. The Labute approximate surface area is 244 Å². The standard InChI is InChI=1S/C37H41S2/c1-26-16-12-14-20-30(26)32-22-28(24-34(38-32)36(3,4)5)18-10-9-11-19-29-23-33(31-21-15-13-17-27(31)2)39-35(25-29)37(6,7)8/h9-25H,1-8H3/q+1. The summed E-state index contributed by atoms with van der Waals surface area (Å²) in [6, 6.07) is 22.0. The molecule has 39 heavy (non-hydrogen) atoms. The number of benzene rings is 2. The maximum Gasteiger partial charge on any atom is 0.239 e. The molecule has 0 fully saturated rings. The molecule has 1 aromatic heterocycles. The zero-order valence-electron chi connectivity index (χ0n) is 24.6. The van der Waals surface area contributed by atoms with Gasteiger partial charge in [-0.25, -0.2) is 0 Å². The van der Waals surface area contributed by atoms with E-state index in [-0.39, 0.29) is 10.8 Å². The summed E-state index contributed by atoms with van der Waals surface area (Å²) in [5.41, 5.74) is 7.93. The van der Waals surface area contributed by atoms with Gasteiger partial charge in [-0.2, -0.15) is 0 Å². The van der Waals surface area contributed by atoms with Crippen LogP contribution in [0.3, 0.4) is 0 Å². The molecule has 1 aliphatic rings. The lowest BCUT2D eigenvalue weighted by Gasteiger charge is -2.27. The molecule has 0 spiro atoms. The van der Waals surface area contributed by atoms with Crippen LogP contribution < -0.4 is 0 Å². The molecule has 0 unspecified atom stereocenters. The van der Waals surface area contributed by atoms with Crippen molar-refractivity contribution in [2.24, 2.45) is 5.41 Å². The molecule has 0 bridgehead atoms. The summed E-state index contributed by atoms with van der Waals surface area (Å²) in [6.45, 7) is 18.1. The van der Waals surface area contributed by atoms with E-state index in [0.29, 0.717) is 0 Å².